The summed E-state index contributed by atoms with van der Waals surface area (Å²) in [7, 11) is 0. The summed E-state index contributed by atoms with van der Waals surface area (Å²) in [5, 5.41) is 7.13. The lowest BCUT2D eigenvalue weighted by Crippen LogP contribution is -2.61. The maximum atomic E-state index is 7.67. The molecule has 0 saturated carbocycles. The molecule has 0 spiro atoms. The molecule has 8 heteroatoms. The number of nitrogens with zero attached hydrogens (tertiary/aromatic N) is 5. The molecule has 0 aliphatic carbocycles. The van der Waals surface area contributed by atoms with E-state index in [9.17, 15) is 0 Å². The first-order valence-electron chi connectivity index (χ1n) is 37.0. The fraction of sp³-hybridized carbons (Fsp3) is 0.0816. The van der Waals surface area contributed by atoms with Gasteiger partial charge in [-0.2, -0.15) is 0 Å². The molecule has 106 heavy (non-hydrogen) atoms. The molecule has 0 N–H and O–H groups in total. The van der Waals surface area contributed by atoms with Gasteiger partial charge in [0, 0.05) is 88.2 Å². The Bertz CT molecular complexity index is 6340. The number of hydrogen-bond acceptors (Lipinski definition) is 4. The Labute approximate surface area is 615 Å². The van der Waals surface area contributed by atoms with Crippen LogP contribution in [0.1, 0.15) is 52.7 Å². The second-order valence-corrected chi connectivity index (χ2v) is 31.1. The quantitative estimate of drug-likeness (QED) is 0.165. The standard InChI is InChI=1S/C98H70BN5O2/c1-97(2,3)59-47-51-82-72(55-59)68-33-13-23-43-88(68)105-90-45-25-15-35-70(90)92-84(101-78-39-19-9-29-64(78)65-30-10-20-40-79(65)101)53-49-74-95(92)103(82)86-57-61(100-76-37-17-7-27-62(76)63-28-8-18-38-77(63)100)58-87-94(86)99(74)75-50-54-85(102-80-41-21-11-31-66(80)67-32-12-22-42-81(67)102)93-71-36-16-26-46-91(71)106-89-44-24-14-34-69(89)73-56-60(98(4,5)6)48-52-83(73)104(87)96(75)93/h7-58H,1-6H3. The molecule has 0 bridgehead atoms. The zero-order valence-electron chi connectivity index (χ0n) is 59.7. The second-order valence-electron chi connectivity index (χ2n) is 31.1. The second kappa shape index (κ2) is 22.2. The Kier molecular flexibility index (Phi) is 12.7. The van der Waals surface area contributed by atoms with Crippen molar-refractivity contribution < 1.29 is 9.47 Å². The summed E-state index contributed by atoms with van der Waals surface area (Å²) >= 11 is 0. The van der Waals surface area contributed by atoms with E-state index in [1.54, 1.807) is 0 Å². The predicted molar refractivity (Wildman–Crippen MR) is 443 cm³/mol. The number of fused-ring (bicyclic) bond motifs is 25. The molecule has 0 atom stereocenters. The lowest BCUT2D eigenvalue weighted by atomic mass is 9.33. The minimum absolute atomic E-state index is 0.215. The lowest BCUT2D eigenvalue weighted by Gasteiger charge is -2.47. The van der Waals surface area contributed by atoms with Crippen LogP contribution in [0.3, 0.4) is 0 Å². The van der Waals surface area contributed by atoms with Gasteiger partial charge in [0.15, 0.2) is 0 Å². The summed E-state index contributed by atoms with van der Waals surface area (Å²) in [6.07, 6.45) is 0. The largest absolute Gasteiger partial charge is 0.456 e. The SMILES string of the molecule is CC(C)(C)c1ccc2c(c1)-c1ccccc1Oc1ccccc1-c1c(-n3c4ccccc4c4ccccc43)ccc3c1N2c1cc(-n2c4ccccc4c4ccccc42)cc2c1B3c1ccc(-n3c4ccccc4c4ccccc43)c3c1N2c1ccc(C(C)(C)C)cc1-c1ccccc1Oc1ccccc1-3. The monoisotopic (exact) mass is 1360 g/mol. The first-order valence-corrected chi connectivity index (χ1v) is 37.0. The third-order valence-corrected chi connectivity index (χ3v) is 23.1. The molecule has 0 saturated heterocycles. The van der Waals surface area contributed by atoms with Gasteiger partial charge >= 0.3 is 0 Å². The molecule has 0 amide bonds. The van der Waals surface area contributed by atoms with Crippen molar-refractivity contribution in [2.75, 3.05) is 9.80 Å². The number of para-hydroxylation sites is 10. The highest BCUT2D eigenvalue weighted by atomic mass is 16.5. The van der Waals surface area contributed by atoms with Crippen LogP contribution in [0.4, 0.5) is 34.1 Å². The number of anilines is 6. The minimum Gasteiger partial charge on any atom is -0.456 e. The van der Waals surface area contributed by atoms with E-state index in [0.717, 1.165) is 163 Å². The van der Waals surface area contributed by atoms with Gasteiger partial charge < -0.3 is 33.0 Å². The van der Waals surface area contributed by atoms with Gasteiger partial charge in [0.2, 0.25) is 0 Å². The summed E-state index contributed by atoms with van der Waals surface area (Å²) in [5.41, 5.74) is 29.9. The summed E-state index contributed by atoms with van der Waals surface area (Å²) in [4.78, 5) is 5.41. The van der Waals surface area contributed by atoms with Crippen molar-refractivity contribution >= 4 is 123 Å². The molecular formula is C98H70BN5O2. The molecular weight excluding hydrogens is 1290 g/mol. The highest BCUT2D eigenvalue weighted by molar-refractivity contribution is 7.00. The zero-order valence-corrected chi connectivity index (χ0v) is 59.7. The molecule has 18 aromatic rings. The Morgan fingerprint density at radius 2 is 0.547 bits per heavy atom. The van der Waals surface area contributed by atoms with Crippen LogP contribution in [-0.2, 0) is 10.8 Å². The molecule has 0 unspecified atom stereocenters. The van der Waals surface area contributed by atoms with Crippen molar-refractivity contribution in [1.82, 2.24) is 13.7 Å². The van der Waals surface area contributed by atoms with Gasteiger partial charge in [-0.25, -0.2) is 0 Å². The first-order chi connectivity index (χ1) is 51.9. The molecule has 15 aromatic carbocycles. The van der Waals surface area contributed by atoms with Crippen molar-refractivity contribution in [1.29, 1.82) is 0 Å². The third-order valence-electron chi connectivity index (χ3n) is 23.1. The number of ether oxygens (including phenoxy) is 2. The highest BCUT2D eigenvalue weighted by Crippen LogP contribution is 2.59. The molecule has 502 valence electrons. The van der Waals surface area contributed by atoms with E-state index in [1.807, 2.05) is 0 Å². The van der Waals surface area contributed by atoms with E-state index in [0.29, 0.717) is 0 Å². The predicted octanol–water partition coefficient (Wildman–Crippen LogP) is 24.5. The van der Waals surface area contributed by atoms with E-state index in [1.165, 1.54) is 48.9 Å². The maximum Gasteiger partial charge on any atom is 0.252 e. The smallest absolute Gasteiger partial charge is 0.252 e. The Hall–Kier alpha value is -13.0. The molecule has 4 aliphatic heterocycles. The van der Waals surface area contributed by atoms with Crippen molar-refractivity contribution in [3.63, 3.8) is 0 Å². The zero-order chi connectivity index (χ0) is 70.6. The Morgan fingerprint density at radius 3 is 0.896 bits per heavy atom. The van der Waals surface area contributed by atoms with Crippen LogP contribution in [-0.4, -0.2) is 20.4 Å². The van der Waals surface area contributed by atoms with Crippen LogP contribution in [0.2, 0.25) is 0 Å². The summed E-state index contributed by atoms with van der Waals surface area (Å²) in [6.45, 7) is 13.6. The van der Waals surface area contributed by atoms with Crippen LogP contribution in [0, 0.1) is 0 Å². The van der Waals surface area contributed by atoms with Gasteiger partial charge in [-0.3, -0.25) is 0 Å². The number of rotatable bonds is 3. The average molecular weight is 1360 g/mol. The van der Waals surface area contributed by atoms with E-state index >= 15 is 0 Å². The summed E-state index contributed by atoms with van der Waals surface area (Å²) in [6, 6.07) is 118. The van der Waals surface area contributed by atoms with Crippen molar-refractivity contribution in [2.45, 2.75) is 52.4 Å². The van der Waals surface area contributed by atoms with Gasteiger partial charge in [-0.05, 0) is 148 Å². The Balaban J connectivity index is 0.993. The van der Waals surface area contributed by atoms with Crippen LogP contribution >= 0.6 is 0 Å². The van der Waals surface area contributed by atoms with Gasteiger partial charge in [0.25, 0.3) is 6.71 Å². The number of hydrogen-bond donors (Lipinski definition) is 0. The van der Waals surface area contributed by atoms with Crippen LogP contribution in [0.15, 0.2) is 315 Å². The number of benzene rings is 15. The van der Waals surface area contributed by atoms with E-state index in [4.69, 9.17) is 9.47 Å². The van der Waals surface area contributed by atoms with Crippen molar-refractivity contribution in [3.8, 4) is 84.6 Å². The van der Waals surface area contributed by atoms with Crippen molar-refractivity contribution in [2.24, 2.45) is 0 Å². The summed E-state index contributed by atoms with van der Waals surface area (Å²) in [5.74, 6) is 3.08. The van der Waals surface area contributed by atoms with Crippen LogP contribution in [0.25, 0.3) is 127 Å². The lowest BCUT2D eigenvalue weighted by molar-refractivity contribution is 0.486. The van der Waals surface area contributed by atoms with Gasteiger partial charge in [0.1, 0.15) is 23.0 Å². The van der Waals surface area contributed by atoms with E-state index < -0.39 is 6.71 Å². The van der Waals surface area contributed by atoms with Gasteiger partial charge in [0.05, 0.1) is 72.9 Å². The minimum atomic E-state index is -0.396. The third kappa shape index (κ3) is 8.58. The normalized spacial score (nSPS) is 13.3. The molecule has 7 nitrogen and oxygen atoms in total. The Morgan fingerprint density at radius 1 is 0.255 bits per heavy atom. The first kappa shape index (κ1) is 60.5. The highest BCUT2D eigenvalue weighted by Gasteiger charge is 2.49. The molecule has 0 fully saturated rings. The van der Waals surface area contributed by atoms with Crippen molar-refractivity contribution in [3.05, 3.63) is 327 Å². The molecule has 0 radical (unpaired) electrons. The fourth-order valence-electron chi connectivity index (χ4n) is 18.4. The van der Waals surface area contributed by atoms with Gasteiger partial charge in [-0.1, -0.05) is 248 Å². The molecule has 22 rings (SSSR count). The topological polar surface area (TPSA) is 39.7 Å². The fourth-order valence-corrected chi connectivity index (χ4v) is 18.4. The maximum absolute atomic E-state index is 7.67. The average Bonchev–Trinajstić information content (AvgIpc) is 0.788. The van der Waals surface area contributed by atoms with E-state index in [2.05, 4.69) is 380 Å². The molecule has 7 heterocycles. The summed E-state index contributed by atoms with van der Waals surface area (Å²) < 4.78 is 22.9. The van der Waals surface area contributed by atoms with Crippen LogP contribution < -0.4 is 35.7 Å². The molecule has 3 aromatic heterocycles. The van der Waals surface area contributed by atoms with E-state index in [-0.39, 0.29) is 10.8 Å². The van der Waals surface area contributed by atoms with Crippen LogP contribution in [0.5, 0.6) is 23.0 Å². The number of aromatic nitrogens is 3. The molecule has 4 aliphatic rings. The van der Waals surface area contributed by atoms with Gasteiger partial charge in [-0.15, -0.1) is 0 Å².